The number of hydrogen-bond donors (Lipinski definition) is 0. The van der Waals surface area contributed by atoms with Gasteiger partial charge in [0.15, 0.2) is 10.2 Å². The maximum Gasteiger partial charge on any atom is 0.200 e. The lowest BCUT2D eigenvalue weighted by Crippen LogP contribution is -1.76. The number of pyridine rings is 1. The number of rotatable bonds is 2. The molecule has 0 unspecified atom stereocenters. The Hall–Kier alpha value is -1.33. The Labute approximate surface area is 88.6 Å². The summed E-state index contributed by atoms with van der Waals surface area (Å²) >= 11 is 6.83. The monoisotopic (exact) mass is 225 g/mol. The van der Waals surface area contributed by atoms with Crippen molar-refractivity contribution in [2.24, 2.45) is 5.18 Å². The highest BCUT2D eigenvalue weighted by Gasteiger charge is 2.10. The molecule has 6 heteroatoms. The van der Waals surface area contributed by atoms with Gasteiger partial charge < -0.3 is 0 Å². The highest BCUT2D eigenvalue weighted by Crippen LogP contribution is 2.36. The summed E-state index contributed by atoms with van der Waals surface area (Å²) < 4.78 is 0. The summed E-state index contributed by atoms with van der Waals surface area (Å²) in [5.74, 6) is 0. The van der Waals surface area contributed by atoms with Crippen LogP contribution in [0, 0.1) is 4.91 Å². The van der Waals surface area contributed by atoms with E-state index in [1.165, 1.54) is 0 Å². The number of nitrogens with zero attached hydrogens (tertiary/aromatic N) is 3. The van der Waals surface area contributed by atoms with Crippen LogP contribution in [0.3, 0.4) is 0 Å². The predicted octanol–water partition coefficient (Wildman–Crippen LogP) is 3.26. The molecule has 0 fully saturated rings. The number of hydrogen-bond acceptors (Lipinski definition) is 5. The second kappa shape index (κ2) is 3.81. The average Bonchev–Trinajstić information content (AvgIpc) is 2.61. The van der Waals surface area contributed by atoms with Gasteiger partial charge in [0.1, 0.15) is 5.01 Å². The van der Waals surface area contributed by atoms with Gasteiger partial charge in [-0.05, 0) is 17.3 Å². The second-order valence-corrected chi connectivity index (χ2v) is 3.78. The van der Waals surface area contributed by atoms with Crippen LogP contribution in [-0.4, -0.2) is 9.97 Å². The van der Waals surface area contributed by atoms with Crippen LogP contribution < -0.4 is 0 Å². The van der Waals surface area contributed by atoms with Crippen LogP contribution in [0.15, 0.2) is 29.7 Å². The van der Waals surface area contributed by atoms with Crippen molar-refractivity contribution in [1.82, 2.24) is 9.97 Å². The molecule has 4 nitrogen and oxygen atoms in total. The Morgan fingerprint density at radius 2 is 2.36 bits per heavy atom. The molecule has 2 aromatic heterocycles. The third kappa shape index (κ3) is 1.64. The highest BCUT2D eigenvalue weighted by atomic mass is 35.5. The van der Waals surface area contributed by atoms with Gasteiger partial charge >= 0.3 is 0 Å². The van der Waals surface area contributed by atoms with E-state index in [2.05, 4.69) is 15.1 Å². The van der Waals surface area contributed by atoms with E-state index >= 15 is 0 Å². The second-order valence-electron chi connectivity index (χ2n) is 2.45. The first-order chi connectivity index (χ1) is 6.81. The van der Waals surface area contributed by atoms with Gasteiger partial charge in [0.25, 0.3) is 0 Å². The van der Waals surface area contributed by atoms with E-state index in [1.807, 2.05) is 6.07 Å². The Kier molecular flexibility index (Phi) is 2.51. The van der Waals surface area contributed by atoms with Crippen molar-refractivity contribution in [1.29, 1.82) is 0 Å². The highest BCUT2D eigenvalue weighted by molar-refractivity contribution is 7.19. The van der Waals surface area contributed by atoms with Crippen molar-refractivity contribution < 1.29 is 0 Å². The van der Waals surface area contributed by atoms with Crippen molar-refractivity contribution in [3.05, 3.63) is 34.6 Å². The summed E-state index contributed by atoms with van der Waals surface area (Å²) in [6.07, 6.45) is 3.32. The lowest BCUT2D eigenvalue weighted by atomic mass is 10.3. The molecule has 2 aromatic rings. The molecule has 14 heavy (non-hydrogen) atoms. The van der Waals surface area contributed by atoms with Crippen LogP contribution in [0.2, 0.25) is 5.15 Å². The SMILES string of the molecule is O=Nc1sc(-c2cccnc2)nc1Cl. The van der Waals surface area contributed by atoms with Crippen LogP contribution in [0.25, 0.3) is 10.6 Å². The molecule has 0 saturated carbocycles. The van der Waals surface area contributed by atoms with Crippen molar-refractivity contribution in [3.63, 3.8) is 0 Å². The fraction of sp³-hybridized carbons (Fsp3) is 0. The zero-order chi connectivity index (χ0) is 9.97. The lowest BCUT2D eigenvalue weighted by Gasteiger charge is -1.91. The zero-order valence-electron chi connectivity index (χ0n) is 6.85. The van der Waals surface area contributed by atoms with Crippen LogP contribution >= 0.6 is 22.9 Å². The Bertz CT molecular complexity index is 457. The number of thiazole rings is 1. The molecule has 0 saturated heterocycles. The molecule has 70 valence electrons. The first-order valence-corrected chi connectivity index (χ1v) is 4.91. The lowest BCUT2D eigenvalue weighted by molar-refractivity contribution is 1.31. The minimum atomic E-state index is 0.142. The van der Waals surface area contributed by atoms with Gasteiger partial charge in [0.2, 0.25) is 0 Å². The molecule has 0 aliphatic carbocycles. The molecule has 0 amide bonds. The van der Waals surface area contributed by atoms with Crippen LogP contribution in [0.5, 0.6) is 0 Å². The molecule has 0 atom stereocenters. The third-order valence-electron chi connectivity index (χ3n) is 1.56. The standard InChI is InChI=1S/C8H4ClN3OS/c9-6-8(12-13)14-7(11-6)5-2-1-3-10-4-5/h1-4H. The molecular weight excluding hydrogens is 222 g/mol. The van der Waals surface area contributed by atoms with Gasteiger partial charge in [-0.3, -0.25) is 4.98 Å². The summed E-state index contributed by atoms with van der Waals surface area (Å²) in [6, 6.07) is 3.63. The van der Waals surface area contributed by atoms with Crippen LogP contribution in [0.1, 0.15) is 0 Å². The van der Waals surface area contributed by atoms with E-state index in [4.69, 9.17) is 11.6 Å². The minimum Gasteiger partial charge on any atom is -0.264 e. The molecule has 0 N–H and O–H groups in total. The van der Waals surface area contributed by atoms with E-state index in [0.29, 0.717) is 5.01 Å². The Balaban J connectivity index is 2.48. The first-order valence-electron chi connectivity index (χ1n) is 3.71. The molecule has 2 rings (SSSR count). The third-order valence-corrected chi connectivity index (χ3v) is 2.92. The number of nitroso groups, excluding NO2 is 1. The smallest absolute Gasteiger partial charge is 0.200 e. The van der Waals surface area contributed by atoms with E-state index in [1.54, 1.807) is 18.5 Å². The van der Waals surface area contributed by atoms with Crippen LogP contribution in [-0.2, 0) is 0 Å². The minimum absolute atomic E-state index is 0.142. The van der Waals surface area contributed by atoms with Gasteiger partial charge in [0, 0.05) is 18.0 Å². The normalized spacial score (nSPS) is 10.1. The molecular formula is C8H4ClN3OS. The van der Waals surface area contributed by atoms with E-state index in [-0.39, 0.29) is 10.2 Å². The number of aromatic nitrogens is 2. The molecule has 0 aromatic carbocycles. The van der Waals surface area contributed by atoms with Gasteiger partial charge in [-0.15, -0.1) is 4.91 Å². The van der Waals surface area contributed by atoms with E-state index < -0.39 is 0 Å². The van der Waals surface area contributed by atoms with Crippen LogP contribution in [0.4, 0.5) is 5.00 Å². The fourth-order valence-corrected chi connectivity index (χ4v) is 1.97. The summed E-state index contributed by atoms with van der Waals surface area (Å²) in [5.41, 5.74) is 0.828. The first kappa shape index (κ1) is 9.23. The van der Waals surface area contributed by atoms with Gasteiger partial charge in [0.05, 0.1) is 0 Å². The van der Waals surface area contributed by atoms with Crippen molar-refractivity contribution in [2.45, 2.75) is 0 Å². The summed E-state index contributed by atoms with van der Waals surface area (Å²) in [4.78, 5) is 18.2. The topological polar surface area (TPSA) is 55.2 Å². The quantitative estimate of drug-likeness (QED) is 0.737. The van der Waals surface area contributed by atoms with Crippen molar-refractivity contribution >= 4 is 27.9 Å². The number of halogens is 1. The Morgan fingerprint density at radius 3 is 2.93 bits per heavy atom. The molecule has 0 bridgehead atoms. The average molecular weight is 226 g/mol. The summed E-state index contributed by atoms with van der Waals surface area (Å²) in [6.45, 7) is 0. The van der Waals surface area contributed by atoms with E-state index in [9.17, 15) is 4.91 Å². The van der Waals surface area contributed by atoms with Gasteiger partial charge in [-0.1, -0.05) is 22.9 Å². The molecule has 0 radical (unpaired) electrons. The Morgan fingerprint density at radius 1 is 1.50 bits per heavy atom. The zero-order valence-corrected chi connectivity index (χ0v) is 8.42. The van der Waals surface area contributed by atoms with Gasteiger partial charge in [-0.25, -0.2) is 4.98 Å². The molecule has 2 heterocycles. The maximum absolute atomic E-state index is 10.3. The van der Waals surface area contributed by atoms with Gasteiger partial charge in [-0.2, -0.15) is 0 Å². The molecule has 0 aliphatic heterocycles. The van der Waals surface area contributed by atoms with Crippen molar-refractivity contribution in [2.75, 3.05) is 0 Å². The maximum atomic E-state index is 10.3. The largest absolute Gasteiger partial charge is 0.264 e. The summed E-state index contributed by atoms with van der Waals surface area (Å²) in [5, 5.41) is 3.76. The summed E-state index contributed by atoms with van der Waals surface area (Å²) in [7, 11) is 0. The van der Waals surface area contributed by atoms with Crippen molar-refractivity contribution in [3.8, 4) is 10.6 Å². The molecule has 0 spiro atoms. The fourth-order valence-electron chi connectivity index (χ4n) is 0.963. The van der Waals surface area contributed by atoms with E-state index in [0.717, 1.165) is 16.9 Å². The predicted molar refractivity (Wildman–Crippen MR) is 55.8 cm³/mol. The molecule has 0 aliphatic rings.